The summed E-state index contributed by atoms with van der Waals surface area (Å²) in [5, 5.41) is 10.6. The Bertz CT molecular complexity index is 1710. The molecule has 6 rings (SSSR count). The van der Waals surface area contributed by atoms with Crippen LogP contribution in [0.2, 0.25) is 0 Å². The van der Waals surface area contributed by atoms with E-state index in [2.05, 4.69) is 40.9 Å². The maximum absolute atomic E-state index is 16.5. The Hall–Kier alpha value is -3.66. The van der Waals surface area contributed by atoms with E-state index in [-0.39, 0.29) is 49.0 Å². The normalized spacial score (nSPS) is 18.5. The molecule has 1 aliphatic heterocycles. The number of nitrogens with zero attached hydrogens (tertiary/aromatic N) is 7. The molecule has 0 spiro atoms. The summed E-state index contributed by atoms with van der Waals surface area (Å²) in [7, 11) is 8.20. The van der Waals surface area contributed by atoms with Crippen LogP contribution in [-0.2, 0) is 0 Å². The van der Waals surface area contributed by atoms with Gasteiger partial charge in [-0.1, -0.05) is 0 Å². The molecule has 4 heterocycles. The minimum Gasteiger partial charge on any atom is -0.463 e. The smallest absolute Gasteiger partial charge is 0.319 e. The van der Waals surface area contributed by atoms with E-state index in [1.165, 1.54) is 12.1 Å². The molecule has 4 aromatic rings. The summed E-state index contributed by atoms with van der Waals surface area (Å²) in [6.07, 6.45) is 5.85. The van der Waals surface area contributed by atoms with Gasteiger partial charge in [-0.2, -0.15) is 15.2 Å². The summed E-state index contributed by atoms with van der Waals surface area (Å²) < 4.78 is 37.5. The molecule has 0 amide bonds. The summed E-state index contributed by atoms with van der Waals surface area (Å²) in [6, 6.07) is 4.82. The summed E-state index contributed by atoms with van der Waals surface area (Å²) in [6.45, 7) is 3.04. The van der Waals surface area contributed by atoms with Gasteiger partial charge in [-0.25, -0.2) is 8.78 Å². The highest BCUT2D eigenvalue weighted by molar-refractivity contribution is 7.23. The Kier molecular flexibility index (Phi) is 7.37. The van der Waals surface area contributed by atoms with Crippen molar-refractivity contribution in [1.29, 1.82) is 5.26 Å². The number of anilines is 2. The van der Waals surface area contributed by atoms with E-state index < -0.39 is 11.6 Å². The van der Waals surface area contributed by atoms with Crippen LogP contribution in [0.5, 0.6) is 6.01 Å². The molecule has 1 aliphatic carbocycles. The highest BCUT2D eigenvalue weighted by Gasteiger charge is 2.40. The second-order valence-corrected chi connectivity index (χ2v) is 12.9. The minimum absolute atomic E-state index is 0.000314. The number of nitriles is 1. The molecule has 1 aromatic carbocycles. The van der Waals surface area contributed by atoms with Gasteiger partial charge < -0.3 is 25.2 Å². The number of likely N-dealkylation sites (N-methyl/N-ethyl adjacent to an activating group) is 2. The summed E-state index contributed by atoms with van der Waals surface area (Å²) in [5.74, 6) is -0.353. The van der Waals surface area contributed by atoms with Gasteiger partial charge in [-0.15, -0.1) is 11.3 Å². The number of hydrogen-bond acceptors (Lipinski definition) is 10. The first-order valence-corrected chi connectivity index (χ1v) is 14.9. The Morgan fingerprint density at radius 2 is 2.02 bits per heavy atom. The van der Waals surface area contributed by atoms with Crippen LogP contribution in [0.15, 0.2) is 18.3 Å². The van der Waals surface area contributed by atoms with Crippen molar-refractivity contribution in [2.24, 2.45) is 5.92 Å². The highest BCUT2D eigenvalue weighted by atomic mass is 32.1. The van der Waals surface area contributed by atoms with Gasteiger partial charge in [0.05, 0.1) is 22.3 Å². The summed E-state index contributed by atoms with van der Waals surface area (Å²) in [4.78, 5) is 20.3. The summed E-state index contributed by atoms with van der Waals surface area (Å²) >= 11 is 0.961. The van der Waals surface area contributed by atoms with Crippen LogP contribution in [0.4, 0.5) is 19.6 Å². The lowest BCUT2D eigenvalue weighted by Crippen LogP contribution is -2.56. The molecule has 2 N–H and O–H groups in total. The SMILES string of the molecule is CN1CC[C@H](COc2nc(N(C)CC3(N(C)C)CCC3)c3cnc(-c4ccc(F)c5sc(N)c(C#N)c45)c(F)c3n2)C1. The first kappa shape index (κ1) is 28.5. The Morgan fingerprint density at radius 1 is 1.24 bits per heavy atom. The first-order valence-electron chi connectivity index (χ1n) is 14.1. The number of fused-ring (bicyclic) bond motifs is 2. The molecule has 1 atom stereocenters. The molecule has 12 heteroatoms. The number of benzene rings is 1. The fourth-order valence-electron chi connectivity index (χ4n) is 6.27. The van der Waals surface area contributed by atoms with E-state index in [0.29, 0.717) is 30.3 Å². The molecule has 2 aliphatic rings. The van der Waals surface area contributed by atoms with E-state index in [9.17, 15) is 9.65 Å². The number of hydrogen-bond donors (Lipinski definition) is 1. The highest BCUT2D eigenvalue weighted by Crippen LogP contribution is 2.43. The maximum atomic E-state index is 16.5. The van der Waals surface area contributed by atoms with Crippen molar-refractivity contribution >= 4 is 43.1 Å². The lowest BCUT2D eigenvalue weighted by molar-refractivity contribution is 0.0682. The molecule has 9 nitrogen and oxygen atoms in total. The number of thiophene rings is 1. The van der Waals surface area contributed by atoms with E-state index in [4.69, 9.17) is 15.5 Å². The monoisotopic (exact) mass is 592 g/mol. The molecule has 3 aromatic heterocycles. The van der Waals surface area contributed by atoms with Crippen molar-refractivity contribution in [3.63, 3.8) is 0 Å². The van der Waals surface area contributed by atoms with Crippen LogP contribution >= 0.6 is 11.3 Å². The number of aromatic nitrogens is 3. The van der Waals surface area contributed by atoms with Gasteiger partial charge in [-0.3, -0.25) is 4.98 Å². The number of ether oxygens (including phenoxy) is 1. The van der Waals surface area contributed by atoms with E-state index in [1.807, 2.05) is 18.0 Å². The first-order chi connectivity index (χ1) is 20.1. The number of nitrogens with two attached hydrogens (primary N) is 1. The Morgan fingerprint density at radius 3 is 2.67 bits per heavy atom. The molecule has 220 valence electrons. The fourth-order valence-corrected chi connectivity index (χ4v) is 7.21. The molecule has 2 fully saturated rings. The number of likely N-dealkylation sites (tertiary alicyclic amines) is 1. The molecule has 0 bridgehead atoms. The van der Waals surface area contributed by atoms with Crippen LogP contribution in [-0.4, -0.2) is 84.7 Å². The molecular weight excluding hydrogens is 558 g/mol. The zero-order valence-electron chi connectivity index (χ0n) is 24.2. The number of rotatable bonds is 8. The van der Waals surface area contributed by atoms with Gasteiger partial charge in [0.1, 0.15) is 33.9 Å². The molecule has 42 heavy (non-hydrogen) atoms. The lowest BCUT2D eigenvalue weighted by atomic mass is 9.75. The number of pyridine rings is 1. The molecule has 0 radical (unpaired) electrons. The van der Waals surface area contributed by atoms with E-state index in [0.717, 1.165) is 50.1 Å². The maximum Gasteiger partial charge on any atom is 0.319 e. The molecular formula is C30H34F2N8OS. The Labute approximate surface area is 247 Å². The Balaban J connectivity index is 1.48. The average Bonchev–Trinajstić information content (AvgIpc) is 3.52. The van der Waals surface area contributed by atoms with E-state index >= 15 is 4.39 Å². The number of halogens is 2. The third-order valence-corrected chi connectivity index (χ3v) is 9.92. The predicted octanol–water partition coefficient (Wildman–Crippen LogP) is 4.89. The van der Waals surface area contributed by atoms with Crippen molar-refractivity contribution < 1.29 is 13.5 Å². The largest absolute Gasteiger partial charge is 0.463 e. The van der Waals surface area contributed by atoms with Gasteiger partial charge >= 0.3 is 6.01 Å². The van der Waals surface area contributed by atoms with Crippen LogP contribution in [0, 0.1) is 28.9 Å². The average molecular weight is 593 g/mol. The van der Waals surface area contributed by atoms with Crippen molar-refractivity contribution in [3.8, 4) is 23.3 Å². The lowest BCUT2D eigenvalue weighted by Gasteiger charge is -2.49. The van der Waals surface area contributed by atoms with Crippen LogP contribution in [0.25, 0.3) is 32.2 Å². The van der Waals surface area contributed by atoms with Crippen molar-refractivity contribution in [3.05, 3.63) is 35.5 Å². The van der Waals surface area contributed by atoms with Crippen molar-refractivity contribution in [1.82, 2.24) is 24.8 Å². The summed E-state index contributed by atoms with van der Waals surface area (Å²) in [5.41, 5.74) is 6.43. The van der Waals surface area contributed by atoms with Crippen LogP contribution in [0.3, 0.4) is 0 Å². The van der Waals surface area contributed by atoms with Gasteiger partial charge in [0.25, 0.3) is 0 Å². The van der Waals surface area contributed by atoms with Gasteiger partial charge in [0.15, 0.2) is 5.82 Å². The van der Waals surface area contributed by atoms with Crippen LogP contribution < -0.4 is 15.4 Å². The van der Waals surface area contributed by atoms with Gasteiger partial charge in [0.2, 0.25) is 0 Å². The second kappa shape index (κ2) is 10.9. The third-order valence-electron chi connectivity index (χ3n) is 8.89. The molecule has 0 unspecified atom stereocenters. The molecule has 1 saturated carbocycles. The minimum atomic E-state index is -0.692. The quantitative estimate of drug-likeness (QED) is 0.306. The van der Waals surface area contributed by atoms with E-state index in [1.54, 1.807) is 6.20 Å². The standard InChI is InChI=1S/C30H34F2N8OS/c1-38(2)30(9-5-10-30)16-40(4)28-20-13-35-24(18-6-7-21(31)26-22(18)19(12-33)27(34)42-26)23(32)25(20)36-29(37-28)41-15-17-8-11-39(3)14-17/h6-7,13,17H,5,8-11,14-16,34H2,1-4H3/t17-/m0/s1. The van der Waals surface area contributed by atoms with Crippen LogP contribution in [0.1, 0.15) is 31.2 Å². The van der Waals surface area contributed by atoms with Gasteiger partial charge in [0, 0.05) is 48.7 Å². The zero-order chi connectivity index (χ0) is 29.8. The fraction of sp³-hybridized carbons (Fsp3) is 0.467. The van der Waals surface area contributed by atoms with Crippen molar-refractivity contribution in [2.75, 3.05) is 65.1 Å². The topological polar surface area (TPSA) is 107 Å². The van der Waals surface area contributed by atoms with Gasteiger partial charge in [-0.05, 0) is 65.5 Å². The van der Waals surface area contributed by atoms with Crippen molar-refractivity contribution in [2.45, 2.75) is 31.2 Å². The third kappa shape index (κ3) is 4.79. The molecule has 1 saturated heterocycles. The predicted molar refractivity (Wildman–Crippen MR) is 162 cm³/mol. The zero-order valence-corrected chi connectivity index (χ0v) is 25.1. The number of nitrogen functional groups attached to an aromatic ring is 1. The second-order valence-electron chi connectivity index (χ2n) is 11.8.